The Balaban J connectivity index is 1.91. The van der Waals surface area contributed by atoms with E-state index < -0.39 is 6.09 Å². The number of nitrogens with zero attached hydrogens (tertiary/aromatic N) is 2. The summed E-state index contributed by atoms with van der Waals surface area (Å²) in [6.45, 7) is 0.154. The van der Waals surface area contributed by atoms with Crippen LogP contribution in [-0.4, -0.2) is 16.1 Å². The van der Waals surface area contributed by atoms with Gasteiger partial charge in [0.25, 0.3) is 0 Å². The van der Waals surface area contributed by atoms with Crippen molar-refractivity contribution in [3.63, 3.8) is 0 Å². The molecule has 0 atom stereocenters. The molecular formula is C12H9Cl2N3O2. The molecule has 1 heterocycles. The van der Waals surface area contributed by atoms with Gasteiger partial charge in [-0.3, -0.25) is 5.32 Å². The molecule has 0 bridgehead atoms. The van der Waals surface area contributed by atoms with Crippen LogP contribution in [0.5, 0.6) is 0 Å². The number of amides is 1. The van der Waals surface area contributed by atoms with Gasteiger partial charge in [-0.15, -0.1) is 0 Å². The van der Waals surface area contributed by atoms with Crippen LogP contribution in [0, 0.1) is 0 Å². The molecule has 0 aliphatic rings. The van der Waals surface area contributed by atoms with Crippen molar-refractivity contribution in [1.82, 2.24) is 9.97 Å². The summed E-state index contributed by atoms with van der Waals surface area (Å²) in [5.74, 6) is -0.00411. The molecule has 2 rings (SSSR count). The highest BCUT2D eigenvalue weighted by atomic mass is 35.5. The maximum atomic E-state index is 11.5. The Hall–Kier alpha value is -1.85. The molecule has 0 saturated carbocycles. The van der Waals surface area contributed by atoms with E-state index in [1.165, 1.54) is 6.07 Å². The highest BCUT2D eigenvalue weighted by Crippen LogP contribution is 2.14. The Morgan fingerprint density at radius 2 is 1.79 bits per heavy atom. The molecule has 1 amide bonds. The molecule has 1 N–H and O–H groups in total. The van der Waals surface area contributed by atoms with E-state index in [1.54, 1.807) is 0 Å². The average molecular weight is 298 g/mol. The first kappa shape index (κ1) is 13.6. The van der Waals surface area contributed by atoms with Crippen molar-refractivity contribution in [2.45, 2.75) is 6.61 Å². The number of rotatable bonds is 3. The van der Waals surface area contributed by atoms with Crippen molar-refractivity contribution < 1.29 is 9.53 Å². The van der Waals surface area contributed by atoms with Gasteiger partial charge in [-0.25, -0.2) is 14.8 Å². The lowest BCUT2D eigenvalue weighted by Gasteiger charge is -2.06. The number of benzene rings is 1. The largest absolute Gasteiger partial charge is 0.444 e. The van der Waals surface area contributed by atoms with E-state index >= 15 is 0 Å². The Kier molecular flexibility index (Phi) is 4.54. The van der Waals surface area contributed by atoms with Gasteiger partial charge in [0, 0.05) is 6.07 Å². The Bertz CT molecular complexity index is 558. The first-order valence-corrected chi connectivity index (χ1v) is 6.07. The first-order valence-electron chi connectivity index (χ1n) is 5.31. The molecule has 2 aromatic rings. The zero-order chi connectivity index (χ0) is 13.7. The molecule has 0 aliphatic heterocycles. The first-order chi connectivity index (χ1) is 9.13. The number of aromatic nitrogens is 2. The lowest BCUT2D eigenvalue weighted by atomic mass is 10.2. The topological polar surface area (TPSA) is 64.1 Å². The molecule has 7 heteroatoms. The third kappa shape index (κ3) is 4.39. The molecule has 19 heavy (non-hydrogen) atoms. The van der Waals surface area contributed by atoms with E-state index in [-0.39, 0.29) is 22.9 Å². The minimum atomic E-state index is -0.679. The van der Waals surface area contributed by atoms with Crippen LogP contribution >= 0.6 is 23.2 Å². The fourth-order valence-electron chi connectivity index (χ4n) is 1.30. The van der Waals surface area contributed by atoms with Crippen LogP contribution < -0.4 is 5.32 Å². The van der Waals surface area contributed by atoms with E-state index in [0.717, 1.165) is 5.56 Å². The molecule has 0 unspecified atom stereocenters. The molecule has 98 valence electrons. The predicted molar refractivity (Wildman–Crippen MR) is 72.3 cm³/mol. The predicted octanol–water partition coefficient (Wildman–Crippen LogP) is 3.53. The molecule has 1 aromatic heterocycles. The summed E-state index contributed by atoms with van der Waals surface area (Å²) in [4.78, 5) is 19.1. The van der Waals surface area contributed by atoms with Crippen LogP contribution in [0.2, 0.25) is 10.3 Å². The van der Waals surface area contributed by atoms with Crippen molar-refractivity contribution in [2.75, 3.05) is 5.32 Å². The molecule has 0 spiro atoms. The fraction of sp³-hybridized carbons (Fsp3) is 0.0833. The number of hydrogen-bond donors (Lipinski definition) is 1. The normalized spacial score (nSPS) is 10.0. The second-order valence-corrected chi connectivity index (χ2v) is 4.30. The molecule has 5 nitrogen and oxygen atoms in total. The third-order valence-electron chi connectivity index (χ3n) is 2.09. The highest BCUT2D eigenvalue weighted by molar-refractivity contribution is 6.33. The second kappa shape index (κ2) is 6.36. The van der Waals surface area contributed by atoms with E-state index in [9.17, 15) is 4.79 Å². The smallest absolute Gasteiger partial charge is 0.414 e. The van der Waals surface area contributed by atoms with Gasteiger partial charge in [0.2, 0.25) is 5.95 Å². The van der Waals surface area contributed by atoms with Gasteiger partial charge in [0.1, 0.15) is 16.9 Å². The average Bonchev–Trinajstić information content (AvgIpc) is 2.36. The lowest BCUT2D eigenvalue weighted by Crippen LogP contribution is -2.15. The maximum absolute atomic E-state index is 11.5. The number of nitrogens with one attached hydrogen (secondary N) is 1. The van der Waals surface area contributed by atoms with Gasteiger partial charge in [0.15, 0.2) is 0 Å². The fourth-order valence-corrected chi connectivity index (χ4v) is 1.72. The van der Waals surface area contributed by atoms with Crippen molar-refractivity contribution in [3.05, 3.63) is 52.3 Å². The minimum Gasteiger partial charge on any atom is -0.444 e. The van der Waals surface area contributed by atoms with E-state index in [0.29, 0.717) is 0 Å². The summed E-state index contributed by atoms with van der Waals surface area (Å²) in [7, 11) is 0. The monoisotopic (exact) mass is 297 g/mol. The standard InChI is InChI=1S/C12H9Cl2N3O2/c13-9-6-10(14)16-11(15-9)17-12(18)19-7-8-4-2-1-3-5-8/h1-6H,7H2,(H,15,16,17,18). The Labute approximate surface area is 119 Å². The summed E-state index contributed by atoms with van der Waals surface area (Å²) >= 11 is 11.4. The van der Waals surface area contributed by atoms with Crippen LogP contribution in [-0.2, 0) is 11.3 Å². The number of anilines is 1. The van der Waals surface area contributed by atoms with Gasteiger partial charge in [-0.2, -0.15) is 0 Å². The van der Waals surface area contributed by atoms with Crippen molar-refractivity contribution in [1.29, 1.82) is 0 Å². The van der Waals surface area contributed by atoms with E-state index in [1.807, 2.05) is 30.3 Å². The lowest BCUT2D eigenvalue weighted by molar-refractivity contribution is 0.155. The molecule has 0 fully saturated rings. The van der Waals surface area contributed by atoms with Gasteiger partial charge in [0.05, 0.1) is 0 Å². The highest BCUT2D eigenvalue weighted by Gasteiger charge is 2.07. The molecule has 1 aromatic carbocycles. The van der Waals surface area contributed by atoms with Crippen LogP contribution in [0.25, 0.3) is 0 Å². The SMILES string of the molecule is O=C(Nc1nc(Cl)cc(Cl)n1)OCc1ccccc1. The van der Waals surface area contributed by atoms with Crippen molar-refractivity contribution in [3.8, 4) is 0 Å². The third-order valence-corrected chi connectivity index (χ3v) is 2.48. The zero-order valence-electron chi connectivity index (χ0n) is 9.64. The summed E-state index contributed by atoms with van der Waals surface area (Å²) < 4.78 is 5.00. The van der Waals surface area contributed by atoms with Crippen LogP contribution in [0.15, 0.2) is 36.4 Å². The Morgan fingerprint density at radius 1 is 1.16 bits per heavy atom. The minimum absolute atomic E-state index is 0.00411. The van der Waals surface area contributed by atoms with E-state index in [2.05, 4.69) is 15.3 Å². The van der Waals surface area contributed by atoms with Gasteiger partial charge < -0.3 is 4.74 Å². The van der Waals surface area contributed by atoms with Gasteiger partial charge in [-0.1, -0.05) is 53.5 Å². The quantitative estimate of drug-likeness (QED) is 0.880. The molecule has 0 radical (unpaired) electrons. The molecule has 0 aliphatic carbocycles. The number of hydrogen-bond acceptors (Lipinski definition) is 4. The summed E-state index contributed by atoms with van der Waals surface area (Å²) in [6.07, 6.45) is -0.679. The molecule has 0 saturated heterocycles. The van der Waals surface area contributed by atoms with Crippen LogP contribution in [0.3, 0.4) is 0 Å². The number of halogens is 2. The summed E-state index contributed by atoms with van der Waals surface area (Å²) in [5.41, 5.74) is 0.877. The van der Waals surface area contributed by atoms with Crippen LogP contribution in [0.1, 0.15) is 5.56 Å². The summed E-state index contributed by atoms with van der Waals surface area (Å²) in [6, 6.07) is 10.7. The van der Waals surface area contributed by atoms with Crippen molar-refractivity contribution in [2.24, 2.45) is 0 Å². The number of carbonyl (C=O) groups is 1. The Morgan fingerprint density at radius 3 is 2.42 bits per heavy atom. The summed E-state index contributed by atoms with van der Waals surface area (Å²) in [5, 5.41) is 2.62. The number of carbonyl (C=O) groups excluding carboxylic acids is 1. The number of ether oxygens (including phenoxy) is 1. The molecular weight excluding hydrogens is 289 g/mol. The van der Waals surface area contributed by atoms with Gasteiger partial charge in [-0.05, 0) is 5.56 Å². The maximum Gasteiger partial charge on any atom is 0.414 e. The van der Waals surface area contributed by atoms with Crippen LogP contribution in [0.4, 0.5) is 10.7 Å². The van der Waals surface area contributed by atoms with Crippen molar-refractivity contribution >= 4 is 35.2 Å². The zero-order valence-corrected chi connectivity index (χ0v) is 11.1. The second-order valence-electron chi connectivity index (χ2n) is 3.52. The van der Waals surface area contributed by atoms with Gasteiger partial charge >= 0.3 is 6.09 Å². The van der Waals surface area contributed by atoms with E-state index in [4.69, 9.17) is 27.9 Å².